The summed E-state index contributed by atoms with van der Waals surface area (Å²) >= 11 is 9.39. The first-order valence-corrected chi connectivity index (χ1v) is 7.90. The lowest BCUT2D eigenvalue weighted by Gasteiger charge is -2.13. The molecule has 0 saturated heterocycles. The topological polar surface area (TPSA) is 47.0 Å². The average Bonchev–Trinajstić information content (AvgIpc) is 2.45. The van der Waals surface area contributed by atoms with Gasteiger partial charge in [-0.1, -0.05) is 18.5 Å². The summed E-state index contributed by atoms with van der Waals surface area (Å²) in [5.41, 5.74) is 0.874. The lowest BCUT2D eigenvalue weighted by molar-refractivity contribution is 0.452. The van der Waals surface area contributed by atoms with Crippen molar-refractivity contribution in [2.75, 3.05) is 12.4 Å². The smallest absolute Gasteiger partial charge is 0.227 e. The van der Waals surface area contributed by atoms with Gasteiger partial charge in [0.1, 0.15) is 17.4 Å². The van der Waals surface area contributed by atoms with Gasteiger partial charge in [0.2, 0.25) is 5.88 Å². The van der Waals surface area contributed by atoms with Crippen LogP contribution in [0.5, 0.6) is 11.6 Å². The fourth-order valence-corrected chi connectivity index (χ4v) is 2.64. The Balaban J connectivity index is 2.40. The van der Waals surface area contributed by atoms with Crippen molar-refractivity contribution in [2.24, 2.45) is 0 Å². The Morgan fingerprint density at radius 1 is 1.33 bits per heavy atom. The molecule has 6 heteroatoms. The van der Waals surface area contributed by atoms with Crippen LogP contribution in [0.3, 0.4) is 0 Å². The summed E-state index contributed by atoms with van der Waals surface area (Å²) in [7, 11) is 1.84. The Bertz CT molecular complexity index is 649. The van der Waals surface area contributed by atoms with Crippen molar-refractivity contribution in [3.63, 3.8) is 0 Å². The summed E-state index contributed by atoms with van der Waals surface area (Å²) in [6.07, 6.45) is 1.80. The number of anilines is 1. The van der Waals surface area contributed by atoms with Gasteiger partial charge < -0.3 is 10.1 Å². The number of benzene rings is 1. The fraction of sp³-hybridized carbons (Fsp3) is 0.333. The van der Waals surface area contributed by atoms with Gasteiger partial charge in [0.25, 0.3) is 0 Å². The number of nitrogens with one attached hydrogen (secondary N) is 1. The third-order valence-corrected chi connectivity index (χ3v) is 3.81. The minimum absolute atomic E-state index is 0.556. The Kier molecular flexibility index (Phi) is 5.42. The van der Waals surface area contributed by atoms with E-state index in [4.69, 9.17) is 16.3 Å². The number of ether oxygens (including phenoxy) is 1. The number of rotatable bonds is 5. The van der Waals surface area contributed by atoms with Gasteiger partial charge in [-0.3, -0.25) is 0 Å². The van der Waals surface area contributed by atoms with Crippen LogP contribution in [-0.2, 0) is 6.42 Å². The molecule has 2 rings (SSSR count). The number of aryl methyl sites for hydroxylation is 1. The number of nitrogens with zero attached hydrogens (tertiary/aromatic N) is 2. The lowest BCUT2D eigenvalue weighted by atomic mass is 10.2. The van der Waals surface area contributed by atoms with Crippen molar-refractivity contribution in [1.29, 1.82) is 0 Å². The van der Waals surface area contributed by atoms with E-state index in [1.165, 1.54) is 0 Å². The number of hydrogen-bond acceptors (Lipinski definition) is 4. The van der Waals surface area contributed by atoms with Crippen LogP contribution in [0, 0.1) is 6.92 Å². The molecule has 2 aromatic rings. The average molecular weight is 371 g/mol. The van der Waals surface area contributed by atoms with Crippen molar-refractivity contribution in [3.8, 4) is 11.6 Å². The van der Waals surface area contributed by atoms with E-state index in [1.54, 1.807) is 12.1 Å². The zero-order valence-electron chi connectivity index (χ0n) is 12.2. The predicted molar refractivity (Wildman–Crippen MR) is 89.5 cm³/mol. The molecule has 0 spiro atoms. The molecule has 4 nitrogen and oxygen atoms in total. The minimum Gasteiger partial charge on any atom is -0.437 e. The highest BCUT2D eigenvalue weighted by atomic mass is 79.9. The van der Waals surface area contributed by atoms with E-state index in [0.29, 0.717) is 16.7 Å². The monoisotopic (exact) mass is 369 g/mol. The zero-order chi connectivity index (χ0) is 15.4. The number of aromatic nitrogens is 2. The Morgan fingerprint density at radius 2 is 2.10 bits per heavy atom. The molecule has 0 radical (unpaired) electrons. The van der Waals surface area contributed by atoms with Gasteiger partial charge in [0.15, 0.2) is 0 Å². The highest BCUT2D eigenvalue weighted by Crippen LogP contribution is 2.33. The van der Waals surface area contributed by atoms with Crippen LogP contribution in [0.2, 0.25) is 5.02 Å². The molecule has 0 unspecified atom stereocenters. The summed E-state index contributed by atoms with van der Waals surface area (Å²) in [4.78, 5) is 8.99. The van der Waals surface area contributed by atoms with Gasteiger partial charge in [-0.05, 0) is 47.5 Å². The summed E-state index contributed by atoms with van der Waals surface area (Å²) in [5, 5.41) is 3.73. The second-order valence-electron chi connectivity index (χ2n) is 4.60. The molecule has 112 valence electrons. The van der Waals surface area contributed by atoms with Crippen LogP contribution in [0.4, 0.5) is 5.82 Å². The Labute approximate surface area is 138 Å². The molecule has 0 atom stereocenters. The van der Waals surface area contributed by atoms with Crippen LogP contribution in [0.25, 0.3) is 0 Å². The molecule has 0 aliphatic rings. The van der Waals surface area contributed by atoms with Crippen molar-refractivity contribution in [2.45, 2.75) is 26.7 Å². The van der Waals surface area contributed by atoms with Gasteiger partial charge in [-0.15, -0.1) is 0 Å². The van der Waals surface area contributed by atoms with Gasteiger partial charge >= 0.3 is 0 Å². The summed E-state index contributed by atoms with van der Waals surface area (Å²) < 4.78 is 6.72. The number of hydrogen-bond donors (Lipinski definition) is 1. The lowest BCUT2D eigenvalue weighted by Crippen LogP contribution is -2.05. The zero-order valence-corrected chi connectivity index (χ0v) is 14.5. The minimum atomic E-state index is 0.556. The van der Waals surface area contributed by atoms with Crippen molar-refractivity contribution >= 4 is 33.3 Å². The van der Waals surface area contributed by atoms with E-state index in [0.717, 1.165) is 34.5 Å². The SMILES string of the molecule is CCCc1nc(NC)c(C)c(Oc2ccc(Cl)cc2Br)n1. The van der Waals surface area contributed by atoms with E-state index < -0.39 is 0 Å². The van der Waals surface area contributed by atoms with E-state index in [9.17, 15) is 0 Å². The van der Waals surface area contributed by atoms with Gasteiger partial charge in [-0.2, -0.15) is 4.98 Å². The molecule has 1 heterocycles. The third kappa shape index (κ3) is 3.86. The molecule has 21 heavy (non-hydrogen) atoms. The molecular weight excluding hydrogens is 354 g/mol. The van der Waals surface area contributed by atoms with Gasteiger partial charge in [-0.25, -0.2) is 4.98 Å². The van der Waals surface area contributed by atoms with Crippen molar-refractivity contribution in [1.82, 2.24) is 9.97 Å². The summed E-state index contributed by atoms with van der Waals surface area (Å²) in [5.74, 6) is 2.78. The van der Waals surface area contributed by atoms with Crippen LogP contribution in [0.1, 0.15) is 24.7 Å². The second-order valence-corrected chi connectivity index (χ2v) is 5.89. The maximum atomic E-state index is 5.94. The third-order valence-electron chi connectivity index (χ3n) is 2.96. The van der Waals surface area contributed by atoms with E-state index in [-0.39, 0.29) is 0 Å². The molecule has 0 aliphatic heterocycles. The van der Waals surface area contributed by atoms with Gasteiger partial charge in [0, 0.05) is 18.5 Å². The van der Waals surface area contributed by atoms with Crippen LogP contribution in [-0.4, -0.2) is 17.0 Å². The highest BCUT2D eigenvalue weighted by molar-refractivity contribution is 9.10. The molecular formula is C15H17BrClN3O. The van der Waals surface area contributed by atoms with E-state index in [2.05, 4.69) is 38.1 Å². The van der Waals surface area contributed by atoms with Crippen LogP contribution < -0.4 is 10.1 Å². The van der Waals surface area contributed by atoms with Crippen molar-refractivity contribution < 1.29 is 4.74 Å². The van der Waals surface area contributed by atoms with Crippen LogP contribution >= 0.6 is 27.5 Å². The first-order chi connectivity index (χ1) is 10.0. The normalized spacial score (nSPS) is 10.5. The molecule has 1 N–H and O–H groups in total. The maximum absolute atomic E-state index is 5.94. The second kappa shape index (κ2) is 7.09. The van der Waals surface area contributed by atoms with Crippen LogP contribution in [0.15, 0.2) is 22.7 Å². The standard InChI is InChI=1S/C15H17BrClN3O/c1-4-5-13-19-14(18-3)9(2)15(20-13)21-12-7-6-10(17)8-11(12)16/h6-8H,4-5H2,1-3H3,(H,18,19,20). The quantitative estimate of drug-likeness (QED) is 0.805. The largest absolute Gasteiger partial charge is 0.437 e. The molecule has 0 aliphatic carbocycles. The maximum Gasteiger partial charge on any atom is 0.227 e. The first-order valence-electron chi connectivity index (χ1n) is 6.73. The van der Waals surface area contributed by atoms with Crippen molar-refractivity contribution in [3.05, 3.63) is 39.1 Å². The first kappa shape index (κ1) is 16.0. The molecule has 0 bridgehead atoms. The molecule has 0 amide bonds. The number of halogens is 2. The molecule has 0 saturated carbocycles. The molecule has 1 aromatic heterocycles. The fourth-order valence-electron chi connectivity index (χ4n) is 1.88. The summed E-state index contributed by atoms with van der Waals surface area (Å²) in [6.45, 7) is 4.03. The highest BCUT2D eigenvalue weighted by Gasteiger charge is 2.13. The molecule has 1 aromatic carbocycles. The molecule has 0 fully saturated rings. The summed E-state index contributed by atoms with van der Waals surface area (Å²) in [6, 6.07) is 5.38. The van der Waals surface area contributed by atoms with E-state index in [1.807, 2.05) is 20.0 Å². The Morgan fingerprint density at radius 3 is 2.71 bits per heavy atom. The predicted octanol–water partition coefficient (Wildman–Crippen LogP) is 4.99. The Hall–Kier alpha value is -1.33. The van der Waals surface area contributed by atoms with E-state index >= 15 is 0 Å². The van der Waals surface area contributed by atoms with Gasteiger partial charge in [0.05, 0.1) is 10.0 Å².